The Morgan fingerprint density at radius 1 is 0.889 bits per heavy atom. The van der Waals surface area contributed by atoms with Crippen LogP contribution in [0.4, 0.5) is 0 Å². The molecule has 4 heteroatoms. The van der Waals surface area contributed by atoms with Crippen LogP contribution in [0.2, 0.25) is 0 Å². The minimum absolute atomic E-state index is 0.465. The van der Waals surface area contributed by atoms with Gasteiger partial charge in [0, 0.05) is 13.1 Å². The molecule has 18 heavy (non-hydrogen) atoms. The van der Waals surface area contributed by atoms with Gasteiger partial charge in [0.15, 0.2) is 0 Å². The Balaban J connectivity index is 2.61. The van der Waals surface area contributed by atoms with Gasteiger partial charge in [0.1, 0.15) is 0 Å². The van der Waals surface area contributed by atoms with Crippen molar-refractivity contribution in [2.45, 2.75) is 25.7 Å². The van der Waals surface area contributed by atoms with Crippen molar-refractivity contribution >= 4 is 35.4 Å². The topological polar surface area (TPSA) is 24.1 Å². The van der Waals surface area contributed by atoms with E-state index in [0.717, 1.165) is 13.1 Å². The van der Waals surface area contributed by atoms with Crippen LogP contribution in [0.25, 0.3) is 0 Å². The lowest BCUT2D eigenvalue weighted by Crippen LogP contribution is -2.18. The van der Waals surface area contributed by atoms with Gasteiger partial charge >= 0.3 is 0 Å². The lowest BCUT2D eigenvalue weighted by atomic mass is 9.95. The molecule has 1 aromatic rings. The van der Waals surface area contributed by atoms with E-state index in [0.29, 0.717) is 11.8 Å². The molecule has 0 saturated carbocycles. The minimum atomic E-state index is 0.465. The fourth-order valence-corrected chi connectivity index (χ4v) is 2.03. The third-order valence-electron chi connectivity index (χ3n) is 3.09. The maximum Gasteiger partial charge on any atom is 0.0615 e. The van der Waals surface area contributed by atoms with Gasteiger partial charge in [-0.15, -0.1) is 0 Å². The molecular formula is C14H20N2S2. The Kier molecular flexibility index (Phi) is 6.83. The molecule has 1 aromatic carbocycles. The summed E-state index contributed by atoms with van der Waals surface area (Å²) in [6, 6.07) is 8.77. The van der Waals surface area contributed by atoms with Crippen molar-refractivity contribution in [3.8, 4) is 0 Å². The van der Waals surface area contributed by atoms with E-state index in [2.05, 4.69) is 48.7 Å². The summed E-state index contributed by atoms with van der Waals surface area (Å²) in [5, 5.41) is 6.15. The Morgan fingerprint density at radius 2 is 1.22 bits per heavy atom. The van der Waals surface area contributed by atoms with Gasteiger partial charge in [-0.2, -0.15) is 0 Å². The van der Waals surface area contributed by atoms with E-state index in [1.165, 1.54) is 11.1 Å². The molecule has 0 fully saturated rings. The molecule has 0 aromatic heterocycles. The predicted octanol–water partition coefficient (Wildman–Crippen LogP) is 2.99. The molecule has 0 aliphatic heterocycles. The van der Waals surface area contributed by atoms with E-state index in [1.54, 1.807) is 11.0 Å². The first kappa shape index (κ1) is 15.1. The van der Waals surface area contributed by atoms with Crippen LogP contribution in [0.3, 0.4) is 0 Å². The van der Waals surface area contributed by atoms with E-state index < -0.39 is 0 Å². The van der Waals surface area contributed by atoms with E-state index in [9.17, 15) is 0 Å². The Labute approximate surface area is 120 Å². The molecule has 98 valence electrons. The molecule has 2 N–H and O–H groups in total. The molecule has 0 amide bonds. The average Bonchev–Trinajstić information content (AvgIpc) is 2.42. The minimum Gasteiger partial charge on any atom is -0.382 e. The highest BCUT2D eigenvalue weighted by atomic mass is 32.1. The Bertz CT molecular complexity index is 339. The number of thiocarbonyl (C=S) groups is 2. The molecule has 0 spiro atoms. The van der Waals surface area contributed by atoms with Gasteiger partial charge in [-0.25, -0.2) is 0 Å². The number of nitrogens with one attached hydrogen (secondary N) is 2. The summed E-state index contributed by atoms with van der Waals surface area (Å²) in [7, 11) is 0. The van der Waals surface area contributed by atoms with Crippen molar-refractivity contribution in [1.29, 1.82) is 0 Å². The average molecular weight is 280 g/mol. The van der Waals surface area contributed by atoms with E-state index >= 15 is 0 Å². The van der Waals surface area contributed by atoms with Crippen molar-refractivity contribution in [3.05, 3.63) is 35.4 Å². The molecule has 0 bridgehead atoms. The smallest absolute Gasteiger partial charge is 0.0615 e. The van der Waals surface area contributed by atoms with Crippen LogP contribution in [-0.4, -0.2) is 24.1 Å². The van der Waals surface area contributed by atoms with Crippen molar-refractivity contribution < 1.29 is 0 Å². The van der Waals surface area contributed by atoms with Crippen molar-refractivity contribution in [2.75, 3.05) is 13.1 Å². The zero-order valence-corrected chi connectivity index (χ0v) is 12.5. The quantitative estimate of drug-likeness (QED) is 0.715. The summed E-state index contributed by atoms with van der Waals surface area (Å²) >= 11 is 9.52. The monoisotopic (exact) mass is 280 g/mol. The summed E-state index contributed by atoms with van der Waals surface area (Å²) in [5.41, 5.74) is 5.81. The largest absolute Gasteiger partial charge is 0.382 e. The number of hydrogen-bond donors (Lipinski definition) is 2. The molecule has 0 radical (unpaired) electrons. The summed E-state index contributed by atoms with van der Waals surface area (Å²) in [6.07, 6.45) is 0. The molecule has 2 unspecified atom stereocenters. The zero-order valence-electron chi connectivity index (χ0n) is 10.8. The first-order valence-corrected chi connectivity index (χ1v) is 7.07. The maximum atomic E-state index is 4.76. The highest BCUT2D eigenvalue weighted by molar-refractivity contribution is 7.79. The van der Waals surface area contributed by atoms with E-state index in [4.69, 9.17) is 24.4 Å². The van der Waals surface area contributed by atoms with Crippen LogP contribution < -0.4 is 10.6 Å². The van der Waals surface area contributed by atoms with Crippen LogP contribution >= 0.6 is 24.4 Å². The standard InChI is InChI=1S/C14H20N2S2/c1-11(7-15-9-17)13-3-5-14(6-4-13)12(2)8-16-10-18/h3-6,9-12H,7-8H2,1-2H3,(H,15,17)(H,16,18). The maximum absolute atomic E-state index is 4.76. The van der Waals surface area contributed by atoms with Gasteiger partial charge in [0.2, 0.25) is 0 Å². The molecule has 2 nitrogen and oxygen atoms in total. The number of benzene rings is 1. The summed E-state index contributed by atoms with van der Waals surface area (Å²) in [5.74, 6) is 0.931. The fourth-order valence-electron chi connectivity index (χ4n) is 1.84. The number of hydrogen-bond acceptors (Lipinski definition) is 2. The van der Waals surface area contributed by atoms with Crippen molar-refractivity contribution in [2.24, 2.45) is 0 Å². The molecule has 0 aliphatic carbocycles. The van der Waals surface area contributed by atoms with Crippen LogP contribution in [0.5, 0.6) is 0 Å². The zero-order chi connectivity index (χ0) is 13.4. The van der Waals surface area contributed by atoms with Gasteiger partial charge in [0.25, 0.3) is 0 Å². The van der Waals surface area contributed by atoms with Crippen LogP contribution in [0, 0.1) is 0 Å². The summed E-state index contributed by atoms with van der Waals surface area (Å²) in [6.45, 7) is 6.14. The normalized spacial score (nSPS) is 13.4. The van der Waals surface area contributed by atoms with Gasteiger partial charge in [-0.3, -0.25) is 0 Å². The second-order valence-corrected chi connectivity index (χ2v) is 4.99. The highest BCUT2D eigenvalue weighted by Gasteiger charge is 2.07. The van der Waals surface area contributed by atoms with Crippen LogP contribution in [0.1, 0.15) is 36.8 Å². The lowest BCUT2D eigenvalue weighted by molar-refractivity contribution is 0.717. The second kappa shape index (κ2) is 8.16. The predicted molar refractivity (Wildman–Crippen MR) is 86.6 cm³/mol. The molecular weight excluding hydrogens is 260 g/mol. The van der Waals surface area contributed by atoms with Gasteiger partial charge < -0.3 is 10.6 Å². The fraction of sp³-hybridized carbons (Fsp3) is 0.429. The third-order valence-corrected chi connectivity index (χ3v) is 3.42. The SMILES string of the molecule is CC(CNC=S)c1ccc(C(C)CNC=S)cc1. The van der Waals surface area contributed by atoms with E-state index in [1.807, 2.05) is 0 Å². The van der Waals surface area contributed by atoms with Crippen LogP contribution in [0.15, 0.2) is 24.3 Å². The first-order valence-electron chi connectivity index (χ1n) is 6.13. The third kappa shape index (κ3) is 4.70. The second-order valence-electron chi connectivity index (χ2n) is 4.52. The Morgan fingerprint density at radius 3 is 1.50 bits per heavy atom. The highest BCUT2D eigenvalue weighted by Crippen LogP contribution is 2.19. The van der Waals surface area contributed by atoms with Crippen LogP contribution in [-0.2, 0) is 0 Å². The van der Waals surface area contributed by atoms with E-state index in [-0.39, 0.29) is 0 Å². The van der Waals surface area contributed by atoms with Crippen molar-refractivity contribution in [3.63, 3.8) is 0 Å². The Hall–Kier alpha value is -1.00. The first-order chi connectivity index (χ1) is 8.69. The molecule has 2 atom stereocenters. The van der Waals surface area contributed by atoms with Gasteiger partial charge in [0.05, 0.1) is 11.0 Å². The number of rotatable bonds is 8. The summed E-state index contributed by atoms with van der Waals surface area (Å²) < 4.78 is 0. The molecule has 0 saturated heterocycles. The molecule has 0 aliphatic rings. The van der Waals surface area contributed by atoms with Crippen molar-refractivity contribution in [1.82, 2.24) is 10.6 Å². The summed E-state index contributed by atoms with van der Waals surface area (Å²) in [4.78, 5) is 0. The van der Waals surface area contributed by atoms with Gasteiger partial charge in [-0.1, -0.05) is 62.5 Å². The molecule has 0 heterocycles. The van der Waals surface area contributed by atoms with Gasteiger partial charge in [-0.05, 0) is 23.0 Å². The lowest BCUT2D eigenvalue weighted by Gasteiger charge is -2.15. The molecule has 1 rings (SSSR count).